The van der Waals surface area contributed by atoms with Crippen molar-refractivity contribution < 1.29 is 14.3 Å². The van der Waals surface area contributed by atoms with Gasteiger partial charge in [-0.2, -0.15) is 0 Å². The SMILES string of the molecule is COC(=O)C1CCN(C(=O)/C(=C/c2ccccc2)c2ccccc2)CC1. The second-order valence-corrected chi connectivity index (χ2v) is 6.42. The van der Waals surface area contributed by atoms with E-state index in [0.717, 1.165) is 11.1 Å². The third-order valence-corrected chi connectivity index (χ3v) is 4.74. The van der Waals surface area contributed by atoms with Crippen molar-refractivity contribution in [2.45, 2.75) is 12.8 Å². The summed E-state index contributed by atoms with van der Waals surface area (Å²) in [5, 5.41) is 0. The van der Waals surface area contributed by atoms with E-state index < -0.39 is 0 Å². The molecule has 134 valence electrons. The molecule has 26 heavy (non-hydrogen) atoms. The lowest BCUT2D eigenvalue weighted by atomic mass is 9.95. The minimum Gasteiger partial charge on any atom is -0.469 e. The van der Waals surface area contributed by atoms with Gasteiger partial charge in [0.05, 0.1) is 13.0 Å². The number of benzene rings is 2. The van der Waals surface area contributed by atoms with Gasteiger partial charge in [-0.05, 0) is 30.0 Å². The molecule has 1 aliphatic rings. The fourth-order valence-electron chi connectivity index (χ4n) is 3.26. The molecule has 0 bridgehead atoms. The molecule has 0 radical (unpaired) electrons. The number of carbonyl (C=O) groups excluding carboxylic acids is 2. The fourth-order valence-corrected chi connectivity index (χ4v) is 3.26. The molecule has 1 heterocycles. The third kappa shape index (κ3) is 4.20. The lowest BCUT2D eigenvalue weighted by Gasteiger charge is -2.31. The summed E-state index contributed by atoms with van der Waals surface area (Å²) < 4.78 is 4.83. The molecule has 0 aromatic heterocycles. The van der Waals surface area contributed by atoms with Crippen LogP contribution in [0.25, 0.3) is 11.6 Å². The number of rotatable bonds is 4. The van der Waals surface area contributed by atoms with Crippen molar-refractivity contribution in [1.29, 1.82) is 0 Å². The van der Waals surface area contributed by atoms with Crippen LogP contribution in [0.1, 0.15) is 24.0 Å². The Morgan fingerprint density at radius 2 is 1.54 bits per heavy atom. The predicted octanol–water partition coefficient (Wildman–Crippen LogP) is 3.64. The molecule has 1 fully saturated rings. The first-order valence-electron chi connectivity index (χ1n) is 8.88. The second kappa shape index (κ2) is 8.48. The summed E-state index contributed by atoms with van der Waals surface area (Å²) in [6.45, 7) is 1.13. The van der Waals surface area contributed by atoms with Gasteiger partial charge in [0.25, 0.3) is 5.91 Å². The number of carbonyl (C=O) groups is 2. The number of piperidine rings is 1. The Morgan fingerprint density at radius 1 is 0.962 bits per heavy atom. The largest absolute Gasteiger partial charge is 0.469 e. The highest BCUT2D eigenvalue weighted by Crippen LogP contribution is 2.25. The van der Waals surface area contributed by atoms with Crippen LogP contribution in [0.3, 0.4) is 0 Å². The Bertz CT molecular complexity index is 776. The maximum Gasteiger partial charge on any atom is 0.308 e. The summed E-state index contributed by atoms with van der Waals surface area (Å²) in [4.78, 5) is 26.7. The van der Waals surface area contributed by atoms with Crippen LogP contribution < -0.4 is 0 Å². The lowest BCUT2D eigenvalue weighted by molar-refractivity contribution is -0.148. The quantitative estimate of drug-likeness (QED) is 0.481. The lowest BCUT2D eigenvalue weighted by Crippen LogP contribution is -2.40. The summed E-state index contributed by atoms with van der Waals surface area (Å²) in [7, 11) is 1.41. The van der Waals surface area contributed by atoms with Crippen LogP contribution in [0.4, 0.5) is 0 Å². The van der Waals surface area contributed by atoms with Gasteiger partial charge in [-0.15, -0.1) is 0 Å². The molecule has 0 unspecified atom stereocenters. The molecule has 4 heteroatoms. The standard InChI is InChI=1S/C22H23NO3/c1-26-22(25)19-12-14-23(15-13-19)21(24)20(18-10-6-3-7-11-18)16-17-8-4-2-5-9-17/h2-11,16,19H,12-15H2,1H3/b20-16+. The molecule has 1 amide bonds. The molecule has 0 saturated carbocycles. The van der Waals surface area contributed by atoms with Crippen molar-refractivity contribution in [1.82, 2.24) is 4.90 Å². The van der Waals surface area contributed by atoms with E-state index in [1.165, 1.54) is 7.11 Å². The van der Waals surface area contributed by atoms with Crippen molar-refractivity contribution in [3.63, 3.8) is 0 Å². The Kier molecular flexibility index (Phi) is 5.84. The monoisotopic (exact) mass is 349 g/mol. The second-order valence-electron chi connectivity index (χ2n) is 6.42. The van der Waals surface area contributed by atoms with E-state index in [2.05, 4.69) is 0 Å². The Morgan fingerprint density at radius 3 is 2.12 bits per heavy atom. The zero-order valence-corrected chi connectivity index (χ0v) is 14.9. The van der Waals surface area contributed by atoms with Crippen molar-refractivity contribution in [3.8, 4) is 0 Å². The van der Waals surface area contributed by atoms with Crippen LogP contribution in [0.5, 0.6) is 0 Å². The third-order valence-electron chi connectivity index (χ3n) is 4.74. The van der Waals surface area contributed by atoms with Crippen LogP contribution in [0.15, 0.2) is 60.7 Å². The predicted molar refractivity (Wildman–Crippen MR) is 102 cm³/mol. The molecule has 2 aromatic rings. The van der Waals surface area contributed by atoms with E-state index in [-0.39, 0.29) is 17.8 Å². The van der Waals surface area contributed by atoms with Gasteiger partial charge in [-0.1, -0.05) is 60.7 Å². The van der Waals surface area contributed by atoms with Crippen molar-refractivity contribution >= 4 is 23.5 Å². The zero-order chi connectivity index (χ0) is 18.4. The number of ether oxygens (including phenoxy) is 1. The van der Waals surface area contributed by atoms with Gasteiger partial charge in [0.2, 0.25) is 0 Å². The summed E-state index contributed by atoms with van der Waals surface area (Å²) >= 11 is 0. The number of likely N-dealkylation sites (tertiary alicyclic amines) is 1. The first-order chi connectivity index (χ1) is 12.7. The van der Waals surface area contributed by atoms with E-state index in [1.54, 1.807) is 0 Å². The van der Waals surface area contributed by atoms with E-state index >= 15 is 0 Å². The number of amides is 1. The van der Waals surface area contributed by atoms with Crippen LogP contribution in [-0.4, -0.2) is 37.0 Å². The zero-order valence-electron chi connectivity index (χ0n) is 14.9. The number of nitrogens with zero attached hydrogens (tertiary/aromatic N) is 1. The average molecular weight is 349 g/mol. The normalized spacial score (nSPS) is 15.6. The summed E-state index contributed by atoms with van der Waals surface area (Å²) in [6.07, 6.45) is 3.22. The van der Waals surface area contributed by atoms with E-state index in [4.69, 9.17) is 4.74 Å². The number of methoxy groups -OCH3 is 1. The number of esters is 1. The highest BCUT2D eigenvalue weighted by atomic mass is 16.5. The van der Waals surface area contributed by atoms with Gasteiger partial charge in [-0.3, -0.25) is 9.59 Å². The maximum absolute atomic E-state index is 13.2. The topological polar surface area (TPSA) is 46.6 Å². The van der Waals surface area contributed by atoms with Gasteiger partial charge < -0.3 is 9.64 Å². The van der Waals surface area contributed by atoms with Gasteiger partial charge in [0.15, 0.2) is 0 Å². The van der Waals surface area contributed by atoms with Gasteiger partial charge in [0, 0.05) is 18.7 Å². The Balaban J connectivity index is 1.83. The molecular weight excluding hydrogens is 326 g/mol. The van der Waals surface area contributed by atoms with Crippen molar-refractivity contribution in [2.75, 3.05) is 20.2 Å². The molecule has 0 atom stereocenters. The first kappa shape index (κ1) is 17.9. The Hall–Kier alpha value is -2.88. The van der Waals surface area contributed by atoms with Gasteiger partial charge in [0.1, 0.15) is 0 Å². The molecule has 1 aliphatic heterocycles. The van der Waals surface area contributed by atoms with Crippen LogP contribution in [-0.2, 0) is 14.3 Å². The van der Waals surface area contributed by atoms with Crippen molar-refractivity contribution in [2.24, 2.45) is 5.92 Å². The van der Waals surface area contributed by atoms with Crippen molar-refractivity contribution in [3.05, 3.63) is 71.8 Å². The van der Waals surface area contributed by atoms with E-state index in [1.807, 2.05) is 71.6 Å². The molecule has 0 aliphatic carbocycles. The molecule has 0 N–H and O–H groups in total. The molecule has 4 nitrogen and oxygen atoms in total. The smallest absolute Gasteiger partial charge is 0.308 e. The molecule has 0 spiro atoms. The minimum absolute atomic E-state index is 0.00312. The summed E-state index contributed by atoms with van der Waals surface area (Å²) in [5.41, 5.74) is 2.56. The molecular formula is C22H23NO3. The minimum atomic E-state index is -0.180. The number of hydrogen-bond acceptors (Lipinski definition) is 3. The molecule has 2 aromatic carbocycles. The van der Waals surface area contributed by atoms with E-state index in [9.17, 15) is 9.59 Å². The summed E-state index contributed by atoms with van der Waals surface area (Å²) in [5.74, 6) is -0.286. The molecule has 1 saturated heterocycles. The summed E-state index contributed by atoms with van der Waals surface area (Å²) in [6, 6.07) is 19.6. The van der Waals surface area contributed by atoms with Gasteiger partial charge >= 0.3 is 5.97 Å². The Labute approximate surface area is 154 Å². The van der Waals surface area contributed by atoms with Crippen LogP contribution >= 0.6 is 0 Å². The first-order valence-corrected chi connectivity index (χ1v) is 8.88. The highest BCUT2D eigenvalue weighted by Gasteiger charge is 2.29. The average Bonchev–Trinajstić information content (AvgIpc) is 2.72. The van der Waals surface area contributed by atoms with Crippen LogP contribution in [0, 0.1) is 5.92 Å². The maximum atomic E-state index is 13.2. The fraction of sp³-hybridized carbons (Fsp3) is 0.273. The molecule has 3 rings (SSSR count). The van der Waals surface area contributed by atoms with Crippen LogP contribution in [0.2, 0.25) is 0 Å². The number of hydrogen-bond donors (Lipinski definition) is 0. The highest BCUT2D eigenvalue weighted by molar-refractivity contribution is 6.24. The van der Waals surface area contributed by atoms with Gasteiger partial charge in [-0.25, -0.2) is 0 Å². The van der Waals surface area contributed by atoms with E-state index in [0.29, 0.717) is 31.5 Å².